The van der Waals surface area contributed by atoms with Crippen molar-refractivity contribution in [1.29, 1.82) is 0 Å². The first-order valence-electron chi connectivity index (χ1n) is 7.19. The van der Waals surface area contributed by atoms with E-state index < -0.39 is 0 Å². The molecule has 3 nitrogen and oxygen atoms in total. The Balaban J connectivity index is 2.26. The lowest BCUT2D eigenvalue weighted by atomic mass is 10.1. The fraction of sp³-hybridized carbons (Fsp3) is 0.667. The second kappa shape index (κ2) is 7.15. The summed E-state index contributed by atoms with van der Waals surface area (Å²) in [6.07, 6.45) is 1.26. The van der Waals surface area contributed by atoms with E-state index in [2.05, 4.69) is 48.0 Å². The normalized spacial score (nSPS) is 16.7. The van der Waals surface area contributed by atoms with Crippen LogP contribution in [-0.2, 0) is 6.54 Å². The van der Waals surface area contributed by atoms with Crippen molar-refractivity contribution in [2.75, 3.05) is 36.5 Å². The Kier molecular flexibility index (Phi) is 5.52. The Labute approximate surface area is 121 Å². The molecule has 0 unspecified atom stereocenters. The van der Waals surface area contributed by atoms with Gasteiger partial charge < -0.3 is 10.2 Å². The third-order valence-corrected chi connectivity index (χ3v) is 4.46. The van der Waals surface area contributed by atoms with Crippen molar-refractivity contribution in [3.8, 4) is 0 Å². The highest BCUT2D eigenvalue weighted by atomic mass is 32.2. The quantitative estimate of drug-likeness (QED) is 0.917. The zero-order valence-electron chi connectivity index (χ0n) is 12.3. The largest absolute Gasteiger partial charge is 0.356 e. The standard InChI is InChI=1S/C15H25N3S/c1-12(2)14-9-13(11-16-3)10-15(17-14)18-5-4-7-19-8-6-18/h9-10,12,16H,4-8,11H2,1-3H3. The molecule has 0 atom stereocenters. The maximum atomic E-state index is 4.87. The van der Waals surface area contributed by atoms with E-state index in [9.17, 15) is 0 Å². The molecule has 4 heteroatoms. The molecular weight excluding hydrogens is 254 g/mol. The van der Waals surface area contributed by atoms with Gasteiger partial charge in [0.1, 0.15) is 5.82 Å². The molecule has 1 aliphatic rings. The number of nitrogens with zero attached hydrogens (tertiary/aromatic N) is 2. The molecule has 0 spiro atoms. The summed E-state index contributed by atoms with van der Waals surface area (Å²) in [5.41, 5.74) is 2.55. The van der Waals surface area contributed by atoms with Crippen molar-refractivity contribution >= 4 is 17.6 Å². The molecule has 1 aliphatic heterocycles. The van der Waals surface area contributed by atoms with Crippen LogP contribution >= 0.6 is 11.8 Å². The molecule has 0 aromatic carbocycles. The molecular formula is C15H25N3S. The minimum absolute atomic E-state index is 0.483. The van der Waals surface area contributed by atoms with E-state index in [0.29, 0.717) is 5.92 Å². The summed E-state index contributed by atoms with van der Waals surface area (Å²) in [5, 5.41) is 3.24. The van der Waals surface area contributed by atoms with E-state index in [0.717, 1.165) is 19.6 Å². The van der Waals surface area contributed by atoms with Crippen molar-refractivity contribution in [3.63, 3.8) is 0 Å². The first kappa shape index (κ1) is 14.7. The SMILES string of the molecule is CNCc1cc(C(C)C)nc(N2CCCSCC2)c1. The molecule has 0 amide bonds. The molecule has 1 fully saturated rings. The molecule has 0 aliphatic carbocycles. The average Bonchev–Trinajstić information content (AvgIpc) is 2.67. The highest BCUT2D eigenvalue weighted by molar-refractivity contribution is 7.99. The number of rotatable bonds is 4. The van der Waals surface area contributed by atoms with Crippen molar-refractivity contribution in [3.05, 3.63) is 23.4 Å². The van der Waals surface area contributed by atoms with Crippen LogP contribution in [0.4, 0.5) is 5.82 Å². The molecule has 19 heavy (non-hydrogen) atoms. The molecule has 1 aromatic heterocycles. The predicted molar refractivity (Wildman–Crippen MR) is 85.2 cm³/mol. The Morgan fingerprint density at radius 3 is 2.89 bits per heavy atom. The third-order valence-electron chi connectivity index (χ3n) is 3.41. The molecule has 0 saturated carbocycles. The number of anilines is 1. The van der Waals surface area contributed by atoms with Crippen molar-refractivity contribution < 1.29 is 0 Å². The van der Waals surface area contributed by atoms with E-state index >= 15 is 0 Å². The van der Waals surface area contributed by atoms with Crippen LogP contribution in [0.5, 0.6) is 0 Å². The summed E-state index contributed by atoms with van der Waals surface area (Å²) in [6.45, 7) is 7.61. The van der Waals surface area contributed by atoms with Crippen LogP contribution in [0.2, 0.25) is 0 Å². The summed E-state index contributed by atoms with van der Waals surface area (Å²) >= 11 is 2.06. The van der Waals surface area contributed by atoms with Gasteiger partial charge in [0.15, 0.2) is 0 Å². The summed E-state index contributed by atoms with van der Waals surface area (Å²) < 4.78 is 0. The molecule has 0 radical (unpaired) electrons. The lowest BCUT2D eigenvalue weighted by molar-refractivity contribution is 0.759. The third kappa shape index (κ3) is 4.11. The Hall–Kier alpha value is -0.740. The number of hydrogen-bond donors (Lipinski definition) is 1. The maximum Gasteiger partial charge on any atom is 0.129 e. The Morgan fingerprint density at radius 2 is 2.16 bits per heavy atom. The van der Waals surface area contributed by atoms with Gasteiger partial charge in [-0.25, -0.2) is 4.98 Å². The number of nitrogens with one attached hydrogen (secondary N) is 1. The molecule has 2 rings (SSSR count). The van der Waals surface area contributed by atoms with Crippen LogP contribution in [0.25, 0.3) is 0 Å². The lowest BCUT2D eigenvalue weighted by Gasteiger charge is -2.23. The summed E-state index contributed by atoms with van der Waals surface area (Å²) in [6, 6.07) is 4.48. The van der Waals surface area contributed by atoms with Crippen molar-refractivity contribution in [1.82, 2.24) is 10.3 Å². The highest BCUT2D eigenvalue weighted by Crippen LogP contribution is 2.22. The van der Waals surface area contributed by atoms with Crippen LogP contribution in [0.1, 0.15) is 37.4 Å². The first-order chi connectivity index (χ1) is 9.20. The van der Waals surface area contributed by atoms with Gasteiger partial charge in [-0.1, -0.05) is 13.8 Å². The molecule has 1 N–H and O–H groups in total. The predicted octanol–water partition coefficient (Wildman–Crippen LogP) is 2.87. The second-order valence-electron chi connectivity index (χ2n) is 5.40. The number of thioether (sulfide) groups is 1. The van der Waals surface area contributed by atoms with Gasteiger partial charge in [-0.15, -0.1) is 0 Å². The summed E-state index contributed by atoms with van der Waals surface area (Å²) in [5.74, 6) is 4.15. The smallest absolute Gasteiger partial charge is 0.129 e. The van der Waals surface area contributed by atoms with E-state index in [-0.39, 0.29) is 0 Å². The number of hydrogen-bond acceptors (Lipinski definition) is 4. The molecule has 1 saturated heterocycles. The van der Waals surface area contributed by atoms with Gasteiger partial charge in [0.2, 0.25) is 0 Å². The second-order valence-corrected chi connectivity index (χ2v) is 6.62. The number of pyridine rings is 1. The zero-order valence-corrected chi connectivity index (χ0v) is 13.1. The van der Waals surface area contributed by atoms with Gasteiger partial charge in [0.05, 0.1) is 0 Å². The Morgan fingerprint density at radius 1 is 1.32 bits per heavy atom. The number of aromatic nitrogens is 1. The summed E-state index contributed by atoms with van der Waals surface area (Å²) in [4.78, 5) is 7.32. The first-order valence-corrected chi connectivity index (χ1v) is 8.34. The van der Waals surface area contributed by atoms with Crippen molar-refractivity contribution in [2.24, 2.45) is 0 Å². The van der Waals surface area contributed by atoms with Crippen LogP contribution in [0, 0.1) is 0 Å². The molecule has 106 valence electrons. The average molecular weight is 279 g/mol. The highest BCUT2D eigenvalue weighted by Gasteiger charge is 2.14. The van der Waals surface area contributed by atoms with E-state index in [4.69, 9.17) is 4.98 Å². The molecule has 2 heterocycles. The van der Waals surface area contributed by atoms with Gasteiger partial charge >= 0.3 is 0 Å². The monoisotopic (exact) mass is 279 g/mol. The van der Waals surface area contributed by atoms with E-state index in [1.54, 1.807) is 0 Å². The van der Waals surface area contributed by atoms with Gasteiger partial charge in [0, 0.05) is 31.1 Å². The fourth-order valence-electron chi connectivity index (χ4n) is 2.33. The van der Waals surface area contributed by atoms with Crippen LogP contribution in [0.3, 0.4) is 0 Å². The van der Waals surface area contributed by atoms with Gasteiger partial charge in [-0.2, -0.15) is 11.8 Å². The lowest BCUT2D eigenvalue weighted by Crippen LogP contribution is -2.27. The van der Waals surface area contributed by atoms with Crippen LogP contribution < -0.4 is 10.2 Å². The molecule has 1 aromatic rings. The van der Waals surface area contributed by atoms with Gasteiger partial charge in [0.25, 0.3) is 0 Å². The fourth-order valence-corrected chi connectivity index (χ4v) is 3.22. The van der Waals surface area contributed by atoms with Gasteiger partial charge in [-0.3, -0.25) is 0 Å². The van der Waals surface area contributed by atoms with E-state index in [1.807, 2.05) is 7.05 Å². The van der Waals surface area contributed by atoms with E-state index in [1.165, 1.54) is 35.0 Å². The van der Waals surface area contributed by atoms with Crippen LogP contribution in [0.15, 0.2) is 12.1 Å². The van der Waals surface area contributed by atoms with Crippen molar-refractivity contribution in [2.45, 2.75) is 32.7 Å². The zero-order chi connectivity index (χ0) is 13.7. The minimum atomic E-state index is 0.483. The minimum Gasteiger partial charge on any atom is -0.356 e. The van der Waals surface area contributed by atoms with Gasteiger partial charge in [-0.05, 0) is 42.8 Å². The Bertz CT molecular complexity index is 398. The topological polar surface area (TPSA) is 28.2 Å². The van der Waals surface area contributed by atoms with Crippen LogP contribution in [-0.4, -0.2) is 36.6 Å². The summed E-state index contributed by atoms with van der Waals surface area (Å²) in [7, 11) is 2.00. The maximum absolute atomic E-state index is 4.87. The molecule has 0 bridgehead atoms.